The molecular weight excluding hydrogens is 244 g/mol. The first-order valence-corrected chi connectivity index (χ1v) is 7.30. The Kier molecular flexibility index (Phi) is 6.84. The highest BCUT2D eigenvalue weighted by molar-refractivity contribution is 5.83. The summed E-state index contributed by atoms with van der Waals surface area (Å²) in [6.07, 6.45) is 6.71. The van der Waals surface area contributed by atoms with Gasteiger partial charge in [-0.2, -0.15) is 0 Å². The lowest BCUT2D eigenvalue weighted by molar-refractivity contribution is -0.141. The van der Waals surface area contributed by atoms with E-state index in [4.69, 9.17) is 5.11 Å². The summed E-state index contributed by atoms with van der Waals surface area (Å²) in [5.41, 5.74) is 0. The van der Waals surface area contributed by atoms with Gasteiger partial charge in [-0.3, -0.25) is 9.59 Å². The maximum atomic E-state index is 11.7. The summed E-state index contributed by atoms with van der Waals surface area (Å²) in [5.74, 6) is -1.17. The second kappa shape index (κ2) is 8.15. The highest BCUT2D eigenvalue weighted by Gasteiger charge is 2.21. The zero-order valence-electron chi connectivity index (χ0n) is 12.0. The van der Waals surface area contributed by atoms with Gasteiger partial charge < -0.3 is 15.3 Å². The molecule has 2 N–H and O–H groups in total. The third-order valence-corrected chi connectivity index (χ3v) is 3.87. The summed E-state index contributed by atoms with van der Waals surface area (Å²) in [6, 6.07) is -0.208. The van der Waals surface area contributed by atoms with Crippen molar-refractivity contribution in [2.45, 2.75) is 64.5 Å². The molecule has 5 heteroatoms. The zero-order valence-corrected chi connectivity index (χ0v) is 12.0. The Morgan fingerprint density at radius 1 is 1.32 bits per heavy atom. The Hall–Kier alpha value is -1.10. The average Bonchev–Trinajstić information content (AvgIpc) is 2.40. The van der Waals surface area contributed by atoms with Crippen LogP contribution in [-0.4, -0.2) is 47.1 Å². The number of aliphatic carboxylic acids is 1. The third-order valence-electron chi connectivity index (χ3n) is 3.87. The molecule has 0 radical (unpaired) electrons. The number of nitrogens with zero attached hydrogens (tertiary/aromatic N) is 1. The molecule has 0 heterocycles. The summed E-state index contributed by atoms with van der Waals surface area (Å²) in [5, 5.41) is 11.2. The van der Waals surface area contributed by atoms with Crippen LogP contribution >= 0.6 is 0 Å². The minimum atomic E-state index is -0.993. The largest absolute Gasteiger partial charge is 0.480 e. The first-order valence-electron chi connectivity index (χ1n) is 7.30. The van der Waals surface area contributed by atoms with E-state index in [0.717, 1.165) is 13.1 Å². The van der Waals surface area contributed by atoms with Gasteiger partial charge >= 0.3 is 5.97 Å². The lowest BCUT2D eigenvalue weighted by Crippen LogP contribution is -2.42. The molecular formula is C14H26N2O3. The molecule has 1 amide bonds. The van der Waals surface area contributed by atoms with Gasteiger partial charge in [-0.15, -0.1) is 0 Å². The summed E-state index contributed by atoms with van der Waals surface area (Å²) >= 11 is 0. The van der Waals surface area contributed by atoms with Crippen molar-refractivity contribution in [3.8, 4) is 0 Å². The highest BCUT2D eigenvalue weighted by Crippen LogP contribution is 2.22. The van der Waals surface area contributed by atoms with Crippen LogP contribution in [0.1, 0.15) is 52.4 Å². The summed E-state index contributed by atoms with van der Waals surface area (Å²) < 4.78 is 0. The first kappa shape index (κ1) is 16.0. The highest BCUT2D eigenvalue weighted by atomic mass is 16.4. The number of hydrogen-bond donors (Lipinski definition) is 2. The smallest absolute Gasteiger partial charge is 0.325 e. The Morgan fingerprint density at radius 2 is 1.95 bits per heavy atom. The van der Waals surface area contributed by atoms with Gasteiger partial charge in [0.2, 0.25) is 5.91 Å². The van der Waals surface area contributed by atoms with Gasteiger partial charge in [0.15, 0.2) is 0 Å². The van der Waals surface area contributed by atoms with Crippen LogP contribution in [0.5, 0.6) is 0 Å². The summed E-state index contributed by atoms with van der Waals surface area (Å²) in [6.45, 7) is 5.27. The fourth-order valence-electron chi connectivity index (χ4n) is 2.67. The molecule has 0 saturated heterocycles. The van der Waals surface area contributed by atoms with E-state index in [1.165, 1.54) is 39.0 Å². The number of hydrogen-bond acceptors (Lipinski definition) is 3. The van der Waals surface area contributed by atoms with E-state index < -0.39 is 12.0 Å². The Balaban J connectivity index is 2.31. The van der Waals surface area contributed by atoms with E-state index in [2.05, 4.69) is 17.1 Å². The van der Waals surface area contributed by atoms with Crippen molar-refractivity contribution in [1.82, 2.24) is 10.2 Å². The molecule has 1 fully saturated rings. The first-order chi connectivity index (χ1) is 9.04. The van der Waals surface area contributed by atoms with Crippen LogP contribution in [-0.2, 0) is 9.59 Å². The van der Waals surface area contributed by atoms with Gasteiger partial charge in [0.25, 0.3) is 0 Å². The van der Waals surface area contributed by atoms with E-state index in [1.807, 2.05) is 0 Å². The Labute approximate surface area is 115 Å². The molecule has 1 saturated carbocycles. The van der Waals surface area contributed by atoms with E-state index >= 15 is 0 Å². The molecule has 19 heavy (non-hydrogen) atoms. The monoisotopic (exact) mass is 270 g/mol. The maximum absolute atomic E-state index is 11.7. The van der Waals surface area contributed by atoms with Crippen LogP contribution in [0, 0.1) is 0 Å². The molecule has 1 rings (SSSR count). The molecule has 1 unspecified atom stereocenters. The predicted molar refractivity (Wildman–Crippen MR) is 74.0 cm³/mol. The van der Waals surface area contributed by atoms with Crippen molar-refractivity contribution in [3.05, 3.63) is 0 Å². The van der Waals surface area contributed by atoms with Crippen LogP contribution in [0.4, 0.5) is 0 Å². The molecule has 0 aromatic heterocycles. The molecule has 0 aliphatic heterocycles. The zero-order chi connectivity index (χ0) is 14.3. The minimum Gasteiger partial charge on any atom is -0.480 e. The molecule has 0 spiro atoms. The number of carbonyl (C=O) groups is 2. The van der Waals surface area contributed by atoms with Gasteiger partial charge in [0.1, 0.15) is 6.04 Å². The standard InChI is InChI=1S/C14H26N2O3/c1-3-16(12-7-5-4-6-8-12)10-9-13(17)15-11(2)14(18)19/h11-12H,3-10H2,1-2H3,(H,15,17)(H,18,19). The lowest BCUT2D eigenvalue weighted by atomic mass is 9.94. The lowest BCUT2D eigenvalue weighted by Gasteiger charge is -2.33. The van der Waals surface area contributed by atoms with Gasteiger partial charge in [0.05, 0.1) is 0 Å². The summed E-state index contributed by atoms with van der Waals surface area (Å²) in [4.78, 5) is 24.7. The van der Waals surface area contributed by atoms with E-state index in [-0.39, 0.29) is 5.91 Å². The fraction of sp³-hybridized carbons (Fsp3) is 0.857. The van der Waals surface area contributed by atoms with Crippen molar-refractivity contribution in [2.24, 2.45) is 0 Å². The molecule has 110 valence electrons. The molecule has 1 aliphatic rings. The number of carboxylic acids is 1. The predicted octanol–water partition coefficient (Wildman–Crippen LogP) is 1.62. The average molecular weight is 270 g/mol. The quantitative estimate of drug-likeness (QED) is 0.737. The van der Waals surface area contributed by atoms with Gasteiger partial charge in [-0.05, 0) is 26.3 Å². The molecule has 5 nitrogen and oxygen atoms in total. The van der Waals surface area contributed by atoms with E-state index in [9.17, 15) is 9.59 Å². The number of nitrogens with one attached hydrogen (secondary N) is 1. The normalized spacial score (nSPS) is 18.3. The molecule has 0 bridgehead atoms. The number of rotatable bonds is 7. The Morgan fingerprint density at radius 3 is 2.47 bits per heavy atom. The van der Waals surface area contributed by atoms with Crippen molar-refractivity contribution < 1.29 is 14.7 Å². The van der Waals surface area contributed by atoms with Crippen LogP contribution in [0.15, 0.2) is 0 Å². The maximum Gasteiger partial charge on any atom is 0.325 e. The van der Waals surface area contributed by atoms with Gasteiger partial charge in [-0.25, -0.2) is 0 Å². The second-order valence-electron chi connectivity index (χ2n) is 5.30. The van der Waals surface area contributed by atoms with E-state index in [1.54, 1.807) is 0 Å². The fourth-order valence-corrected chi connectivity index (χ4v) is 2.67. The van der Waals surface area contributed by atoms with Crippen LogP contribution in [0.2, 0.25) is 0 Å². The van der Waals surface area contributed by atoms with Crippen molar-refractivity contribution in [3.63, 3.8) is 0 Å². The molecule has 0 aromatic carbocycles. The number of carboxylic acid groups (broad SMARTS) is 1. The second-order valence-corrected chi connectivity index (χ2v) is 5.30. The molecule has 1 atom stereocenters. The van der Waals surface area contributed by atoms with Crippen LogP contribution in [0.3, 0.4) is 0 Å². The molecule has 1 aliphatic carbocycles. The number of carbonyl (C=O) groups excluding carboxylic acids is 1. The third kappa shape index (κ3) is 5.59. The SMILES string of the molecule is CCN(CCC(=O)NC(C)C(=O)O)C1CCCCC1. The van der Waals surface area contributed by atoms with Crippen molar-refractivity contribution in [1.29, 1.82) is 0 Å². The topological polar surface area (TPSA) is 69.6 Å². The molecule has 0 aromatic rings. The summed E-state index contributed by atoms with van der Waals surface area (Å²) in [7, 11) is 0. The van der Waals surface area contributed by atoms with Crippen LogP contribution in [0.25, 0.3) is 0 Å². The van der Waals surface area contributed by atoms with E-state index in [0.29, 0.717) is 12.5 Å². The van der Waals surface area contributed by atoms with Crippen molar-refractivity contribution >= 4 is 11.9 Å². The van der Waals surface area contributed by atoms with Crippen molar-refractivity contribution in [2.75, 3.05) is 13.1 Å². The van der Waals surface area contributed by atoms with Gasteiger partial charge in [0, 0.05) is 19.0 Å². The van der Waals surface area contributed by atoms with Gasteiger partial charge in [-0.1, -0.05) is 26.2 Å². The Bertz CT molecular complexity index is 301. The number of amides is 1. The van der Waals surface area contributed by atoms with Crippen LogP contribution < -0.4 is 5.32 Å². The minimum absolute atomic E-state index is 0.177.